The standard InChI is InChI=1S/C20H24O4/c1-10-7-20-8-11(10)14(23)15(24)17(20)19(4)13(22)5-6-18(2,3)16(19)12(21)9-20/h5-6,11,15-17,24H,1,7-9H2,2-4H3/t11-,15+,16-,17+,19-,20-/m1/s1. The minimum Gasteiger partial charge on any atom is -0.385 e. The fourth-order valence-corrected chi connectivity index (χ4v) is 6.66. The van der Waals surface area contributed by atoms with Gasteiger partial charge < -0.3 is 5.11 Å². The number of carbonyl (C=O) groups excluding carboxylic acids is 3. The van der Waals surface area contributed by atoms with Crippen LogP contribution in [0, 0.1) is 34.0 Å². The van der Waals surface area contributed by atoms with Crippen molar-refractivity contribution in [1.82, 2.24) is 0 Å². The van der Waals surface area contributed by atoms with E-state index >= 15 is 0 Å². The quantitative estimate of drug-likeness (QED) is 0.692. The zero-order valence-corrected chi connectivity index (χ0v) is 14.5. The van der Waals surface area contributed by atoms with Crippen LogP contribution < -0.4 is 0 Å². The van der Waals surface area contributed by atoms with Crippen molar-refractivity contribution in [2.75, 3.05) is 0 Å². The Morgan fingerprint density at radius 3 is 2.50 bits per heavy atom. The van der Waals surface area contributed by atoms with Gasteiger partial charge in [0.2, 0.25) is 0 Å². The lowest BCUT2D eigenvalue weighted by Crippen LogP contribution is -2.66. The monoisotopic (exact) mass is 328 g/mol. The topological polar surface area (TPSA) is 71.4 Å². The molecule has 6 atom stereocenters. The Morgan fingerprint density at radius 1 is 1.17 bits per heavy atom. The first kappa shape index (κ1) is 15.9. The highest BCUT2D eigenvalue weighted by Gasteiger charge is 2.71. The zero-order chi connectivity index (χ0) is 17.7. The van der Waals surface area contributed by atoms with Gasteiger partial charge in [0.25, 0.3) is 0 Å². The Labute approximate surface area is 142 Å². The average Bonchev–Trinajstić information content (AvgIpc) is 2.74. The molecule has 3 saturated carbocycles. The molecule has 4 aliphatic carbocycles. The molecule has 0 saturated heterocycles. The molecular weight excluding hydrogens is 304 g/mol. The minimum absolute atomic E-state index is 0.0893. The maximum absolute atomic E-state index is 13.1. The van der Waals surface area contributed by atoms with Crippen molar-refractivity contribution in [3.05, 3.63) is 24.3 Å². The van der Waals surface area contributed by atoms with E-state index in [0.29, 0.717) is 19.3 Å². The lowest BCUT2D eigenvalue weighted by atomic mass is 9.41. The Bertz CT molecular complexity index is 730. The van der Waals surface area contributed by atoms with Crippen molar-refractivity contribution in [3.8, 4) is 0 Å². The normalized spacial score (nSPS) is 49.2. The molecule has 24 heavy (non-hydrogen) atoms. The first-order valence-corrected chi connectivity index (χ1v) is 8.70. The molecule has 1 spiro atoms. The lowest BCUT2D eigenvalue weighted by Gasteiger charge is -2.60. The number of fused-ring (bicyclic) bond motifs is 3. The van der Waals surface area contributed by atoms with Gasteiger partial charge in [0, 0.05) is 29.6 Å². The number of allylic oxidation sites excluding steroid dienone is 3. The maximum Gasteiger partial charge on any atom is 0.168 e. The molecule has 0 amide bonds. The van der Waals surface area contributed by atoms with E-state index in [-0.39, 0.29) is 23.3 Å². The third-order valence-corrected chi connectivity index (χ3v) is 7.33. The van der Waals surface area contributed by atoms with Gasteiger partial charge in [0.15, 0.2) is 11.6 Å². The smallest absolute Gasteiger partial charge is 0.168 e. The summed E-state index contributed by atoms with van der Waals surface area (Å²) >= 11 is 0. The Balaban J connectivity index is 1.96. The molecule has 4 rings (SSSR count). The molecule has 0 radical (unpaired) electrons. The van der Waals surface area contributed by atoms with Crippen LogP contribution in [0.4, 0.5) is 0 Å². The van der Waals surface area contributed by atoms with Crippen molar-refractivity contribution < 1.29 is 19.5 Å². The molecule has 0 aromatic rings. The summed E-state index contributed by atoms with van der Waals surface area (Å²) < 4.78 is 0. The number of aliphatic hydroxyl groups excluding tert-OH is 1. The third kappa shape index (κ3) is 1.60. The average molecular weight is 328 g/mol. The maximum atomic E-state index is 13.1. The highest BCUT2D eigenvalue weighted by atomic mass is 16.3. The molecule has 4 heteroatoms. The first-order valence-electron chi connectivity index (χ1n) is 8.70. The molecule has 4 nitrogen and oxygen atoms in total. The SMILES string of the molecule is C=C1C[C@@]23CC(=O)[C@@H]4C(C)(C)C=CC(=O)[C@@]4(C)[C@@H]2[C@@H](O)C(=O)[C@@H]1C3. The van der Waals surface area contributed by atoms with Crippen LogP contribution in [0.5, 0.6) is 0 Å². The van der Waals surface area contributed by atoms with E-state index in [2.05, 4.69) is 6.58 Å². The zero-order valence-electron chi connectivity index (χ0n) is 14.5. The van der Waals surface area contributed by atoms with Crippen molar-refractivity contribution in [1.29, 1.82) is 0 Å². The Kier molecular flexibility index (Phi) is 2.89. The number of aliphatic hydroxyl groups is 1. The van der Waals surface area contributed by atoms with E-state index < -0.39 is 34.2 Å². The predicted octanol–water partition coefficient (Wildman–Crippen LogP) is 2.26. The van der Waals surface area contributed by atoms with Gasteiger partial charge in [-0.25, -0.2) is 0 Å². The molecular formula is C20H24O4. The molecule has 0 heterocycles. The molecule has 0 aliphatic heterocycles. The van der Waals surface area contributed by atoms with E-state index in [1.165, 1.54) is 0 Å². The Morgan fingerprint density at radius 2 is 1.83 bits per heavy atom. The van der Waals surface area contributed by atoms with Gasteiger partial charge in [-0.2, -0.15) is 0 Å². The van der Waals surface area contributed by atoms with Crippen LogP contribution in [-0.2, 0) is 14.4 Å². The summed E-state index contributed by atoms with van der Waals surface area (Å²) in [6, 6.07) is 0. The highest BCUT2D eigenvalue weighted by molar-refractivity contribution is 6.04. The van der Waals surface area contributed by atoms with Gasteiger partial charge in [-0.1, -0.05) is 39.0 Å². The summed E-state index contributed by atoms with van der Waals surface area (Å²) in [6.07, 6.45) is 3.63. The van der Waals surface area contributed by atoms with Crippen LogP contribution in [0.1, 0.15) is 40.0 Å². The van der Waals surface area contributed by atoms with Gasteiger partial charge in [-0.05, 0) is 29.7 Å². The highest BCUT2D eigenvalue weighted by Crippen LogP contribution is 2.68. The Hall–Kier alpha value is -1.55. The summed E-state index contributed by atoms with van der Waals surface area (Å²) in [5, 5.41) is 10.9. The number of Topliss-reactive ketones (excluding diaryl/α,β-unsaturated/α-hetero) is 2. The predicted molar refractivity (Wildman–Crippen MR) is 87.9 cm³/mol. The molecule has 0 unspecified atom stereocenters. The minimum atomic E-state index is -1.19. The second-order valence-corrected chi connectivity index (χ2v) is 9.16. The van der Waals surface area contributed by atoms with Crippen molar-refractivity contribution in [2.45, 2.75) is 46.1 Å². The summed E-state index contributed by atoms with van der Waals surface area (Å²) in [5.74, 6) is -1.61. The summed E-state index contributed by atoms with van der Waals surface area (Å²) in [6.45, 7) is 9.74. The summed E-state index contributed by atoms with van der Waals surface area (Å²) in [4.78, 5) is 38.8. The van der Waals surface area contributed by atoms with E-state index in [9.17, 15) is 19.5 Å². The van der Waals surface area contributed by atoms with Gasteiger partial charge in [0.1, 0.15) is 11.9 Å². The van der Waals surface area contributed by atoms with Crippen LogP contribution >= 0.6 is 0 Å². The molecule has 4 aliphatic rings. The molecule has 0 aromatic heterocycles. The van der Waals surface area contributed by atoms with Gasteiger partial charge in [-0.3, -0.25) is 14.4 Å². The first-order chi connectivity index (χ1) is 11.0. The number of hydrogen-bond donors (Lipinski definition) is 1. The van der Waals surface area contributed by atoms with E-state index in [4.69, 9.17) is 0 Å². The van der Waals surface area contributed by atoms with E-state index in [1.807, 2.05) is 19.9 Å². The van der Waals surface area contributed by atoms with Crippen molar-refractivity contribution in [2.24, 2.45) is 34.0 Å². The van der Waals surface area contributed by atoms with Gasteiger partial charge in [0.05, 0.1) is 0 Å². The van der Waals surface area contributed by atoms with Gasteiger partial charge in [-0.15, -0.1) is 0 Å². The summed E-state index contributed by atoms with van der Waals surface area (Å²) in [7, 11) is 0. The van der Waals surface area contributed by atoms with Gasteiger partial charge >= 0.3 is 0 Å². The van der Waals surface area contributed by atoms with Crippen LogP contribution in [0.2, 0.25) is 0 Å². The van der Waals surface area contributed by atoms with Crippen molar-refractivity contribution in [3.63, 3.8) is 0 Å². The van der Waals surface area contributed by atoms with Crippen LogP contribution in [0.15, 0.2) is 24.3 Å². The lowest BCUT2D eigenvalue weighted by molar-refractivity contribution is -0.184. The molecule has 0 aromatic carbocycles. The number of ketones is 3. The van der Waals surface area contributed by atoms with E-state index in [1.54, 1.807) is 13.0 Å². The second kappa shape index (κ2) is 4.34. The summed E-state index contributed by atoms with van der Waals surface area (Å²) in [5.41, 5.74) is -1.17. The fourth-order valence-electron chi connectivity index (χ4n) is 6.66. The fraction of sp³-hybridized carbons (Fsp3) is 0.650. The van der Waals surface area contributed by atoms with Crippen molar-refractivity contribution >= 4 is 17.3 Å². The molecule has 1 N–H and O–H groups in total. The van der Waals surface area contributed by atoms with Crippen LogP contribution in [-0.4, -0.2) is 28.6 Å². The van der Waals surface area contributed by atoms with Crippen LogP contribution in [0.3, 0.4) is 0 Å². The number of carbonyl (C=O) groups is 3. The molecule has 3 fully saturated rings. The number of hydrogen-bond acceptors (Lipinski definition) is 4. The molecule has 2 bridgehead atoms. The van der Waals surface area contributed by atoms with E-state index in [0.717, 1.165) is 5.57 Å². The molecule has 128 valence electrons. The third-order valence-electron chi connectivity index (χ3n) is 7.33. The van der Waals surface area contributed by atoms with Crippen LogP contribution in [0.25, 0.3) is 0 Å². The number of rotatable bonds is 0. The largest absolute Gasteiger partial charge is 0.385 e. The second-order valence-electron chi connectivity index (χ2n) is 9.16.